The molecule has 0 bridgehead atoms. The summed E-state index contributed by atoms with van der Waals surface area (Å²) in [5.74, 6) is -0.538. The van der Waals surface area contributed by atoms with E-state index in [4.69, 9.17) is 11.6 Å². The highest BCUT2D eigenvalue weighted by molar-refractivity contribution is 7.89. The molecule has 8 nitrogen and oxygen atoms in total. The molecule has 0 unspecified atom stereocenters. The lowest BCUT2D eigenvalue weighted by Crippen LogP contribution is -2.49. The summed E-state index contributed by atoms with van der Waals surface area (Å²) in [6.45, 7) is 4.98. The number of hydrogen-bond donors (Lipinski definition) is 1. The van der Waals surface area contributed by atoms with Crippen LogP contribution in [-0.2, 0) is 19.6 Å². The monoisotopic (exact) mass is 403 g/mol. The van der Waals surface area contributed by atoms with Gasteiger partial charge in [0.15, 0.2) is 0 Å². The van der Waals surface area contributed by atoms with Gasteiger partial charge in [-0.2, -0.15) is 0 Å². The number of carbonyl (C=O) groups is 2. The fourth-order valence-corrected chi connectivity index (χ4v) is 4.23. The third kappa shape index (κ3) is 5.16. The minimum Gasteiger partial charge on any atom is -0.465 e. The van der Waals surface area contributed by atoms with Crippen molar-refractivity contribution < 1.29 is 22.7 Å². The Morgan fingerprint density at radius 1 is 1.23 bits per heavy atom. The number of sulfonamides is 1. The van der Waals surface area contributed by atoms with Crippen molar-refractivity contribution in [2.75, 3.05) is 46.4 Å². The third-order valence-corrected chi connectivity index (χ3v) is 6.12. The summed E-state index contributed by atoms with van der Waals surface area (Å²) in [7, 11) is -2.56. The number of halogens is 1. The van der Waals surface area contributed by atoms with Crippen molar-refractivity contribution in [2.45, 2.75) is 11.8 Å². The predicted molar refractivity (Wildman–Crippen MR) is 96.7 cm³/mol. The highest BCUT2D eigenvalue weighted by Crippen LogP contribution is 2.23. The second kappa shape index (κ2) is 8.81. The molecule has 1 aliphatic rings. The number of nitrogens with zero attached hydrogens (tertiary/aromatic N) is 2. The number of ether oxygens (including phenoxy) is 1. The quantitative estimate of drug-likeness (QED) is 0.697. The largest absolute Gasteiger partial charge is 0.465 e. The van der Waals surface area contributed by atoms with Crippen molar-refractivity contribution in [1.29, 1.82) is 0 Å². The van der Waals surface area contributed by atoms with Gasteiger partial charge in [0.05, 0.1) is 17.7 Å². The molecule has 26 heavy (non-hydrogen) atoms. The molecule has 2 rings (SSSR count). The second-order valence-electron chi connectivity index (χ2n) is 5.88. The normalized spacial score (nSPS) is 15.7. The van der Waals surface area contributed by atoms with Crippen molar-refractivity contribution in [3.8, 4) is 0 Å². The first kappa shape index (κ1) is 20.6. The fraction of sp³-hybridized carbons (Fsp3) is 0.500. The van der Waals surface area contributed by atoms with Crippen molar-refractivity contribution in [2.24, 2.45) is 0 Å². The molecular weight excluding hydrogens is 382 g/mol. The van der Waals surface area contributed by atoms with Crippen molar-refractivity contribution in [3.63, 3.8) is 0 Å². The summed E-state index contributed by atoms with van der Waals surface area (Å²) in [6, 6.07) is 3.90. The van der Waals surface area contributed by atoms with E-state index >= 15 is 0 Å². The van der Waals surface area contributed by atoms with E-state index in [2.05, 4.69) is 14.4 Å². The first-order valence-corrected chi connectivity index (χ1v) is 9.96. The lowest BCUT2D eigenvalue weighted by Gasteiger charge is -2.34. The molecule has 1 N–H and O–H groups in total. The van der Waals surface area contributed by atoms with Crippen LogP contribution in [-0.4, -0.2) is 76.5 Å². The predicted octanol–water partition coefficient (Wildman–Crippen LogP) is 0.569. The minimum absolute atomic E-state index is 0.0459. The van der Waals surface area contributed by atoms with E-state index in [1.165, 1.54) is 25.3 Å². The van der Waals surface area contributed by atoms with Gasteiger partial charge in [0.25, 0.3) is 0 Å². The Hall–Kier alpha value is -1.68. The van der Waals surface area contributed by atoms with Crippen LogP contribution in [0.15, 0.2) is 23.1 Å². The van der Waals surface area contributed by atoms with Crippen molar-refractivity contribution in [1.82, 2.24) is 14.5 Å². The molecule has 0 spiro atoms. The highest BCUT2D eigenvalue weighted by Gasteiger charge is 2.21. The molecule has 0 aromatic heterocycles. The van der Waals surface area contributed by atoms with E-state index < -0.39 is 16.0 Å². The number of carbonyl (C=O) groups excluding carboxylic acids is 2. The Balaban J connectivity index is 1.91. The van der Waals surface area contributed by atoms with Gasteiger partial charge in [0, 0.05) is 46.2 Å². The minimum atomic E-state index is -3.79. The maximum Gasteiger partial charge on any atom is 0.337 e. The second-order valence-corrected chi connectivity index (χ2v) is 8.02. The van der Waals surface area contributed by atoms with Crippen LogP contribution in [0.1, 0.15) is 17.3 Å². The topological polar surface area (TPSA) is 96.0 Å². The number of hydrogen-bond acceptors (Lipinski definition) is 6. The molecule has 1 fully saturated rings. The molecule has 1 aromatic carbocycles. The molecule has 0 aliphatic carbocycles. The van der Waals surface area contributed by atoms with E-state index in [1.807, 2.05) is 0 Å². The number of piperazine rings is 1. The first-order chi connectivity index (χ1) is 12.2. The van der Waals surface area contributed by atoms with Gasteiger partial charge in [-0.05, 0) is 18.2 Å². The van der Waals surface area contributed by atoms with Gasteiger partial charge in [-0.3, -0.25) is 9.69 Å². The lowest BCUT2D eigenvalue weighted by atomic mass is 10.2. The Kier molecular flexibility index (Phi) is 6.99. The summed E-state index contributed by atoms with van der Waals surface area (Å²) in [4.78, 5) is 26.5. The smallest absolute Gasteiger partial charge is 0.337 e. The molecule has 1 aliphatic heterocycles. The van der Waals surface area contributed by atoms with Gasteiger partial charge in [-0.25, -0.2) is 17.9 Å². The molecule has 144 valence electrons. The van der Waals surface area contributed by atoms with E-state index in [0.29, 0.717) is 32.7 Å². The van der Waals surface area contributed by atoms with Crippen LogP contribution in [0, 0.1) is 0 Å². The Morgan fingerprint density at radius 3 is 2.42 bits per heavy atom. The van der Waals surface area contributed by atoms with E-state index in [1.54, 1.807) is 11.8 Å². The first-order valence-electron chi connectivity index (χ1n) is 8.10. The zero-order valence-corrected chi connectivity index (χ0v) is 16.3. The Morgan fingerprint density at radius 2 is 1.88 bits per heavy atom. The van der Waals surface area contributed by atoms with E-state index in [-0.39, 0.29) is 27.9 Å². The lowest BCUT2D eigenvalue weighted by molar-refractivity contribution is -0.130. The summed E-state index contributed by atoms with van der Waals surface area (Å²) >= 11 is 6.01. The summed E-state index contributed by atoms with van der Waals surface area (Å²) in [5, 5.41) is -0.0459. The van der Waals surface area contributed by atoms with Crippen LogP contribution in [0.25, 0.3) is 0 Å². The molecule has 1 amide bonds. The zero-order chi connectivity index (χ0) is 19.3. The standard InChI is InChI=1S/C16H22ClN3O5S/c1-12(21)20-9-7-19(8-10-20)6-5-18-26(23,24)15-4-3-13(11-14(15)17)16(22)25-2/h3-4,11,18H,5-10H2,1-2H3. The number of amides is 1. The molecule has 1 heterocycles. The molecule has 1 saturated heterocycles. The van der Waals surface area contributed by atoms with Crippen LogP contribution in [0.5, 0.6) is 0 Å². The highest BCUT2D eigenvalue weighted by atomic mass is 35.5. The SMILES string of the molecule is COC(=O)c1ccc(S(=O)(=O)NCCN2CCN(C(C)=O)CC2)c(Cl)c1. The Bertz CT molecular complexity index is 776. The summed E-state index contributed by atoms with van der Waals surface area (Å²) in [6.07, 6.45) is 0. The van der Waals surface area contributed by atoms with Crippen molar-refractivity contribution in [3.05, 3.63) is 28.8 Å². The molecule has 1 aromatic rings. The van der Waals surface area contributed by atoms with Crippen LogP contribution in [0.2, 0.25) is 5.02 Å². The number of rotatable bonds is 6. The molecule has 0 radical (unpaired) electrons. The average Bonchev–Trinajstić information content (AvgIpc) is 2.61. The third-order valence-electron chi connectivity index (χ3n) is 4.18. The molecular formula is C16H22ClN3O5S. The Labute approximate surface area is 158 Å². The number of nitrogens with one attached hydrogen (secondary N) is 1. The summed E-state index contributed by atoms with van der Waals surface area (Å²) < 4.78 is 31.9. The van der Waals surface area contributed by atoms with Crippen LogP contribution in [0.4, 0.5) is 0 Å². The molecule has 0 atom stereocenters. The van der Waals surface area contributed by atoms with Gasteiger partial charge < -0.3 is 9.64 Å². The van der Waals surface area contributed by atoms with Gasteiger partial charge in [0.1, 0.15) is 4.90 Å². The van der Waals surface area contributed by atoms with Crippen LogP contribution >= 0.6 is 11.6 Å². The van der Waals surface area contributed by atoms with Crippen molar-refractivity contribution >= 4 is 33.5 Å². The van der Waals surface area contributed by atoms with Crippen LogP contribution in [0.3, 0.4) is 0 Å². The average molecular weight is 404 g/mol. The van der Waals surface area contributed by atoms with E-state index in [0.717, 1.165) is 0 Å². The van der Waals surface area contributed by atoms with Gasteiger partial charge in [-0.1, -0.05) is 11.6 Å². The maximum atomic E-state index is 12.4. The molecule has 0 saturated carbocycles. The summed E-state index contributed by atoms with van der Waals surface area (Å²) in [5.41, 5.74) is 0.180. The number of methoxy groups -OCH3 is 1. The van der Waals surface area contributed by atoms with Gasteiger partial charge >= 0.3 is 5.97 Å². The van der Waals surface area contributed by atoms with Gasteiger partial charge in [0.2, 0.25) is 15.9 Å². The fourth-order valence-electron chi connectivity index (χ4n) is 2.67. The van der Waals surface area contributed by atoms with Crippen LogP contribution < -0.4 is 4.72 Å². The van der Waals surface area contributed by atoms with E-state index in [9.17, 15) is 18.0 Å². The number of esters is 1. The maximum absolute atomic E-state index is 12.4. The molecule has 10 heteroatoms. The van der Waals surface area contributed by atoms with Gasteiger partial charge in [-0.15, -0.1) is 0 Å². The zero-order valence-electron chi connectivity index (χ0n) is 14.7. The number of benzene rings is 1.